The lowest BCUT2D eigenvalue weighted by atomic mass is 10.1. The Balaban J connectivity index is 2.13. The molecule has 4 heteroatoms. The minimum absolute atomic E-state index is 0.392. The maximum absolute atomic E-state index is 10.7. The molecule has 1 aliphatic heterocycles. The van der Waals surface area contributed by atoms with Crippen molar-refractivity contribution in [2.24, 2.45) is 11.5 Å². The zero-order chi connectivity index (χ0) is 9.68. The number of carbonyl (C=O) groups excluding carboxylic acids is 1. The Labute approximate surface area is 79.3 Å². The van der Waals surface area contributed by atoms with Gasteiger partial charge < -0.3 is 16.4 Å². The molecule has 4 N–H and O–H groups in total. The zero-order valence-corrected chi connectivity index (χ0v) is 8.04. The predicted octanol–water partition coefficient (Wildman–Crippen LogP) is -0.325. The molecule has 4 nitrogen and oxygen atoms in total. The highest BCUT2D eigenvalue weighted by Crippen LogP contribution is 2.08. The molecule has 0 saturated carbocycles. The monoisotopic (exact) mass is 185 g/mol. The van der Waals surface area contributed by atoms with Crippen LogP contribution >= 0.6 is 0 Å². The first-order chi connectivity index (χ1) is 6.20. The second-order valence-corrected chi connectivity index (χ2v) is 3.70. The standard InChI is InChI=1S/C9H19N3O/c10-8(9(11)13)4-7-12-5-2-1-3-6-12/h8H,1-7,10H2,(H2,11,13). The van der Waals surface area contributed by atoms with Crippen LogP contribution in [-0.2, 0) is 4.79 Å². The Hall–Kier alpha value is -0.610. The van der Waals surface area contributed by atoms with Gasteiger partial charge in [-0.3, -0.25) is 4.79 Å². The van der Waals surface area contributed by atoms with Crippen molar-refractivity contribution in [3.05, 3.63) is 0 Å². The van der Waals surface area contributed by atoms with Gasteiger partial charge in [0.2, 0.25) is 5.91 Å². The summed E-state index contributed by atoms with van der Waals surface area (Å²) in [6.07, 6.45) is 4.56. The van der Waals surface area contributed by atoms with Gasteiger partial charge >= 0.3 is 0 Å². The minimum Gasteiger partial charge on any atom is -0.368 e. The number of carbonyl (C=O) groups is 1. The minimum atomic E-state index is -0.470. The molecule has 0 aliphatic carbocycles. The van der Waals surface area contributed by atoms with E-state index < -0.39 is 11.9 Å². The summed E-state index contributed by atoms with van der Waals surface area (Å²) in [4.78, 5) is 13.0. The highest BCUT2D eigenvalue weighted by Gasteiger charge is 2.13. The van der Waals surface area contributed by atoms with Crippen molar-refractivity contribution >= 4 is 5.91 Å². The molecule has 1 heterocycles. The van der Waals surface area contributed by atoms with Crippen LogP contribution in [0.1, 0.15) is 25.7 Å². The number of nitrogens with zero attached hydrogens (tertiary/aromatic N) is 1. The van der Waals surface area contributed by atoms with E-state index in [0.29, 0.717) is 6.42 Å². The van der Waals surface area contributed by atoms with Gasteiger partial charge in [-0.25, -0.2) is 0 Å². The SMILES string of the molecule is NC(=O)C(N)CCN1CCCCC1. The molecule has 1 rings (SSSR count). The Morgan fingerprint density at radius 1 is 1.31 bits per heavy atom. The van der Waals surface area contributed by atoms with E-state index in [-0.39, 0.29) is 0 Å². The first-order valence-corrected chi connectivity index (χ1v) is 4.97. The zero-order valence-electron chi connectivity index (χ0n) is 8.04. The van der Waals surface area contributed by atoms with Crippen molar-refractivity contribution in [1.82, 2.24) is 4.90 Å². The van der Waals surface area contributed by atoms with Crippen LogP contribution in [0.15, 0.2) is 0 Å². The average molecular weight is 185 g/mol. The quantitative estimate of drug-likeness (QED) is 0.630. The van der Waals surface area contributed by atoms with Crippen LogP contribution in [0.5, 0.6) is 0 Å². The molecular weight excluding hydrogens is 166 g/mol. The number of rotatable bonds is 4. The van der Waals surface area contributed by atoms with Crippen molar-refractivity contribution < 1.29 is 4.79 Å². The van der Waals surface area contributed by atoms with E-state index in [9.17, 15) is 4.79 Å². The van der Waals surface area contributed by atoms with Gasteiger partial charge in [-0.05, 0) is 32.4 Å². The fourth-order valence-corrected chi connectivity index (χ4v) is 1.65. The van der Waals surface area contributed by atoms with Gasteiger partial charge in [-0.1, -0.05) is 6.42 Å². The molecule has 1 atom stereocenters. The van der Waals surface area contributed by atoms with E-state index in [0.717, 1.165) is 19.6 Å². The van der Waals surface area contributed by atoms with E-state index in [2.05, 4.69) is 4.90 Å². The number of nitrogens with two attached hydrogens (primary N) is 2. The normalized spacial score (nSPS) is 21.3. The van der Waals surface area contributed by atoms with E-state index >= 15 is 0 Å². The molecular formula is C9H19N3O. The molecule has 0 radical (unpaired) electrons. The molecule has 76 valence electrons. The van der Waals surface area contributed by atoms with E-state index in [4.69, 9.17) is 11.5 Å². The van der Waals surface area contributed by atoms with Gasteiger partial charge in [0.05, 0.1) is 6.04 Å². The largest absolute Gasteiger partial charge is 0.368 e. The smallest absolute Gasteiger partial charge is 0.234 e. The average Bonchev–Trinajstić information content (AvgIpc) is 2.15. The summed E-state index contributed by atoms with van der Waals surface area (Å²) in [5.41, 5.74) is 10.6. The number of likely N-dealkylation sites (tertiary alicyclic amines) is 1. The van der Waals surface area contributed by atoms with Crippen LogP contribution in [0.4, 0.5) is 0 Å². The lowest BCUT2D eigenvalue weighted by Gasteiger charge is -2.26. The van der Waals surface area contributed by atoms with Crippen LogP contribution in [0.25, 0.3) is 0 Å². The third-order valence-corrected chi connectivity index (χ3v) is 2.57. The third-order valence-electron chi connectivity index (χ3n) is 2.57. The Morgan fingerprint density at radius 2 is 1.92 bits per heavy atom. The van der Waals surface area contributed by atoms with Crippen molar-refractivity contribution in [1.29, 1.82) is 0 Å². The van der Waals surface area contributed by atoms with Crippen LogP contribution < -0.4 is 11.5 Å². The van der Waals surface area contributed by atoms with Gasteiger partial charge in [0.1, 0.15) is 0 Å². The fraction of sp³-hybridized carbons (Fsp3) is 0.889. The molecule has 1 amide bonds. The summed E-state index contributed by atoms with van der Waals surface area (Å²) < 4.78 is 0. The van der Waals surface area contributed by atoms with Crippen LogP contribution in [0, 0.1) is 0 Å². The second kappa shape index (κ2) is 5.19. The van der Waals surface area contributed by atoms with E-state index in [1.54, 1.807) is 0 Å². The van der Waals surface area contributed by atoms with Crippen LogP contribution in [0.2, 0.25) is 0 Å². The summed E-state index contributed by atoms with van der Waals surface area (Å²) in [5, 5.41) is 0. The molecule has 0 aromatic heterocycles. The molecule has 0 bridgehead atoms. The summed E-state index contributed by atoms with van der Waals surface area (Å²) in [6, 6.07) is -0.470. The first-order valence-electron chi connectivity index (χ1n) is 4.97. The lowest BCUT2D eigenvalue weighted by molar-refractivity contribution is -0.119. The molecule has 13 heavy (non-hydrogen) atoms. The van der Waals surface area contributed by atoms with Crippen molar-refractivity contribution in [2.45, 2.75) is 31.7 Å². The number of piperidine rings is 1. The number of primary amides is 1. The second-order valence-electron chi connectivity index (χ2n) is 3.70. The molecule has 1 saturated heterocycles. The van der Waals surface area contributed by atoms with Crippen LogP contribution in [-0.4, -0.2) is 36.5 Å². The van der Waals surface area contributed by atoms with Gasteiger partial charge in [0.15, 0.2) is 0 Å². The van der Waals surface area contributed by atoms with Gasteiger partial charge in [0.25, 0.3) is 0 Å². The van der Waals surface area contributed by atoms with Gasteiger partial charge in [0, 0.05) is 6.54 Å². The maximum Gasteiger partial charge on any atom is 0.234 e. The van der Waals surface area contributed by atoms with Crippen molar-refractivity contribution in [2.75, 3.05) is 19.6 Å². The first kappa shape index (κ1) is 10.5. The molecule has 0 spiro atoms. The van der Waals surface area contributed by atoms with Crippen LogP contribution in [0.3, 0.4) is 0 Å². The fourth-order valence-electron chi connectivity index (χ4n) is 1.65. The summed E-state index contributed by atoms with van der Waals surface area (Å²) >= 11 is 0. The summed E-state index contributed by atoms with van der Waals surface area (Å²) in [5.74, 6) is -0.392. The summed E-state index contributed by atoms with van der Waals surface area (Å²) in [7, 11) is 0. The van der Waals surface area contributed by atoms with Gasteiger partial charge in [-0.2, -0.15) is 0 Å². The highest BCUT2D eigenvalue weighted by atomic mass is 16.1. The lowest BCUT2D eigenvalue weighted by Crippen LogP contribution is -2.40. The number of amides is 1. The molecule has 1 fully saturated rings. The number of hydrogen-bond donors (Lipinski definition) is 2. The maximum atomic E-state index is 10.7. The van der Waals surface area contributed by atoms with Crippen molar-refractivity contribution in [3.8, 4) is 0 Å². The Kier molecular flexibility index (Phi) is 4.18. The summed E-state index contributed by atoms with van der Waals surface area (Å²) in [6.45, 7) is 3.20. The number of hydrogen-bond acceptors (Lipinski definition) is 3. The molecule has 1 aliphatic rings. The topological polar surface area (TPSA) is 72.3 Å². The molecule has 0 aromatic carbocycles. The highest BCUT2D eigenvalue weighted by molar-refractivity contribution is 5.79. The Bertz CT molecular complexity index is 166. The molecule has 1 unspecified atom stereocenters. The van der Waals surface area contributed by atoms with Crippen molar-refractivity contribution in [3.63, 3.8) is 0 Å². The van der Waals surface area contributed by atoms with E-state index in [1.165, 1.54) is 19.3 Å². The Morgan fingerprint density at radius 3 is 2.46 bits per heavy atom. The molecule has 0 aromatic rings. The predicted molar refractivity (Wildman–Crippen MR) is 52.1 cm³/mol. The third kappa shape index (κ3) is 3.74. The van der Waals surface area contributed by atoms with E-state index in [1.807, 2.05) is 0 Å². The van der Waals surface area contributed by atoms with Gasteiger partial charge in [-0.15, -0.1) is 0 Å².